The van der Waals surface area contributed by atoms with Crippen LogP contribution in [-0.2, 0) is 6.54 Å². The second kappa shape index (κ2) is 17.2. The van der Waals surface area contributed by atoms with Gasteiger partial charge in [0.1, 0.15) is 17.1 Å². The molecule has 7 aliphatic rings. The summed E-state index contributed by atoms with van der Waals surface area (Å²) in [5.74, 6) is 3.25. The van der Waals surface area contributed by atoms with Crippen LogP contribution in [-0.4, -0.2) is 137 Å². The predicted molar refractivity (Wildman–Crippen MR) is 236 cm³/mol. The third-order valence-electron chi connectivity index (χ3n) is 13.9. The zero-order valence-corrected chi connectivity index (χ0v) is 35.7. The number of likely N-dealkylation sites (N-methyl/N-ethyl adjacent to an activating group) is 1. The molecular formula is C47H66FN10O+. The Balaban J connectivity index is 0.000000212. The lowest BCUT2D eigenvalue weighted by Gasteiger charge is -2.39. The molecule has 0 bridgehead atoms. The minimum Gasteiger partial charge on any atom is -0.471 e. The Morgan fingerprint density at radius 1 is 0.966 bits per heavy atom. The molecule has 12 heteroatoms. The summed E-state index contributed by atoms with van der Waals surface area (Å²) in [4.78, 5) is 16.6. The van der Waals surface area contributed by atoms with Crippen molar-refractivity contribution < 1.29 is 13.7 Å². The fourth-order valence-electron chi connectivity index (χ4n) is 9.67. The van der Waals surface area contributed by atoms with Gasteiger partial charge >= 0.3 is 0 Å². The molecule has 316 valence electrons. The van der Waals surface area contributed by atoms with Gasteiger partial charge in [0.15, 0.2) is 5.70 Å². The molecule has 7 heterocycles. The maximum Gasteiger partial charge on any atom is 0.281 e. The van der Waals surface area contributed by atoms with E-state index in [1.54, 1.807) is 12.3 Å². The summed E-state index contributed by atoms with van der Waals surface area (Å²) < 4.78 is 21.8. The van der Waals surface area contributed by atoms with Crippen LogP contribution in [0.1, 0.15) is 75.0 Å². The molecule has 1 saturated carbocycles. The van der Waals surface area contributed by atoms with Crippen LogP contribution >= 0.6 is 0 Å². The molecular weight excluding hydrogens is 740 g/mol. The van der Waals surface area contributed by atoms with Gasteiger partial charge in [-0.15, -0.1) is 0 Å². The first-order valence-electron chi connectivity index (χ1n) is 21.9. The van der Waals surface area contributed by atoms with Crippen LogP contribution in [0.15, 0.2) is 73.4 Å². The number of hydrogen-bond donors (Lipinski definition) is 3. The normalized spacial score (nSPS) is 25.2. The Bertz CT molecular complexity index is 2010. The zero-order valence-electron chi connectivity index (χ0n) is 35.7. The van der Waals surface area contributed by atoms with Crippen molar-refractivity contribution in [1.29, 1.82) is 5.41 Å². The third-order valence-corrected chi connectivity index (χ3v) is 13.9. The standard InChI is InChI=1S/C31H49N8O.C16H17FN2/c1-31(8-9-31)40-28-18-25(26(32)20-34-28)30(33)27-19-29(36(27)3)39-12-6-24(7-13-39)22-38-16-14-37(15-17-38)21-23-4-10-35(2)11-5-23;1-10-4-7-16(11(2)18-10)19-9-13-5-6-14(17)8-15(13)12(19)3/h18-20,23-24,33H,4-17,21-22,32H2,1-3H3;5-6,8,16,18H,1-4,7,9H2/q+1;. The van der Waals surface area contributed by atoms with Gasteiger partial charge in [-0.25, -0.2) is 14.3 Å². The first-order chi connectivity index (χ1) is 28.3. The molecule has 0 amide bonds. The zero-order chi connectivity index (χ0) is 41.4. The van der Waals surface area contributed by atoms with Crippen molar-refractivity contribution in [3.63, 3.8) is 0 Å². The molecule has 4 saturated heterocycles. The second-order valence-electron chi connectivity index (χ2n) is 18.4. The number of ether oxygens (including phenoxy) is 1. The van der Waals surface area contributed by atoms with Gasteiger partial charge in [0, 0.05) is 80.1 Å². The van der Waals surface area contributed by atoms with Gasteiger partial charge in [0.25, 0.3) is 5.84 Å². The van der Waals surface area contributed by atoms with E-state index in [0.29, 0.717) is 22.8 Å². The molecule has 0 spiro atoms. The first-order valence-corrected chi connectivity index (χ1v) is 21.9. The van der Waals surface area contributed by atoms with Gasteiger partial charge in [-0.05, 0) is 108 Å². The number of benzene rings is 1. The second-order valence-corrected chi connectivity index (χ2v) is 18.4. The number of amidine groups is 1. The van der Waals surface area contributed by atoms with Crippen molar-refractivity contribution in [2.45, 2.75) is 76.5 Å². The Hall–Kier alpha value is -4.52. The van der Waals surface area contributed by atoms with E-state index in [4.69, 9.17) is 15.9 Å². The number of pyridine rings is 1. The van der Waals surface area contributed by atoms with Crippen LogP contribution in [0.4, 0.5) is 10.1 Å². The van der Waals surface area contributed by atoms with Crippen molar-refractivity contribution in [2.75, 3.05) is 85.3 Å². The van der Waals surface area contributed by atoms with Gasteiger partial charge < -0.3 is 35.4 Å². The Morgan fingerprint density at radius 2 is 1.63 bits per heavy atom. The van der Waals surface area contributed by atoms with Crippen LogP contribution < -0.4 is 15.8 Å². The number of nitrogens with two attached hydrogens (primary N) is 1. The summed E-state index contributed by atoms with van der Waals surface area (Å²) in [6.07, 6.45) is 13.0. The SMILES string of the molecule is C=C1CCC(N2Cc3ccc(F)cc3C2=C)C(=C)N1.CN1CCC(CN2CCN(CC3CC[N+](=C4C=C(C(=N)c5cc(OC6(C)CC6)ncc5N)N4C)CC3)CC2)CC1. The number of fused-ring (bicyclic) bond motifs is 1. The smallest absolute Gasteiger partial charge is 0.281 e. The van der Waals surface area contributed by atoms with Crippen LogP contribution in [0.3, 0.4) is 0 Å². The highest BCUT2D eigenvalue weighted by molar-refractivity contribution is 6.21. The average Bonchev–Trinajstić information content (AvgIpc) is 3.86. The van der Waals surface area contributed by atoms with Crippen molar-refractivity contribution in [3.8, 4) is 5.88 Å². The van der Waals surface area contributed by atoms with E-state index in [1.807, 2.05) is 12.1 Å². The highest BCUT2D eigenvalue weighted by Crippen LogP contribution is 2.40. The van der Waals surface area contributed by atoms with Crippen molar-refractivity contribution in [1.82, 2.24) is 34.8 Å². The molecule has 6 aliphatic heterocycles. The summed E-state index contributed by atoms with van der Waals surface area (Å²) in [5, 5.41) is 12.1. The molecule has 2 aromatic rings. The molecule has 4 N–H and O–H groups in total. The number of aromatic nitrogens is 1. The van der Waals surface area contributed by atoms with E-state index in [-0.39, 0.29) is 17.5 Å². The number of anilines is 1. The van der Waals surface area contributed by atoms with E-state index in [9.17, 15) is 4.39 Å². The van der Waals surface area contributed by atoms with Gasteiger partial charge in [-0.1, -0.05) is 25.8 Å². The molecule has 1 unspecified atom stereocenters. The van der Waals surface area contributed by atoms with Gasteiger partial charge in [0.2, 0.25) is 5.88 Å². The molecule has 9 rings (SSSR count). The number of hydrogen-bond acceptors (Lipinski definition) is 9. The number of nitrogen functional groups attached to an aromatic ring is 1. The Morgan fingerprint density at radius 3 is 2.25 bits per heavy atom. The molecule has 1 aromatic heterocycles. The van der Waals surface area contributed by atoms with Crippen LogP contribution in [0.25, 0.3) is 5.70 Å². The quantitative estimate of drug-likeness (QED) is 0.209. The highest BCUT2D eigenvalue weighted by atomic mass is 19.1. The van der Waals surface area contributed by atoms with E-state index >= 15 is 0 Å². The summed E-state index contributed by atoms with van der Waals surface area (Å²) in [6, 6.07) is 6.94. The number of halogens is 1. The lowest BCUT2D eigenvalue weighted by molar-refractivity contribution is -0.545. The van der Waals surface area contributed by atoms with E-state index in [2.05, 4.69) is 86.2 Å². The minimum absolute atomic E-state index is 0.108. The number of piperidine rings is 3. The van der Waals surface area contributed by atoms with Gasteiger partial charge in [-0.2, -0.15) is 0 Å². The Kier molecular flexibility index (Phi) is 12.0. The lowest BCUT2D eigenvalue weighted by Crippen LogP contribution is -2.50. The predicted octanol–water partition coefficient (Wildman–Crippen LogP) is 5.96. The highest BCUT2D eigenvalue weighted by Gasteiger charge is 2.41. The number of allylic oxidation sites excluding steroid dienone is 2. The molecule has 5 fully saturated rings. The fourth-order valence-corrected chi connectivity index (χ4v) is 9.67. The molecule has 1 aliphatic carbocycles. The lowest BCUT2D eigenvalue weighted by atomic mass is 9.95. The molecule has 59 heavy (non-hydrogen) atoms. The largest absolute Gasteiger partial charge is 0.471 e. The van der Waals surface area contributed by atoms with E-state index in [1.165, 1.54) is 89.9 Å². The summed E-state index contributed by atoms with van der Waals surface area (Å²) in [6.45, 7) is 27.2. The van der Waals surface area contributed by atoms with E-state index < -0.39 is 0 Å². The topological polar surface area (TPSA) is 103 Å². The molecule has 11 nitrogen and oxygen atoms in total. The number of nitrogens with one attached hydrogen (secondary N) is 2. The number of rotatable bonds is 9. The number of nitrogens with zero attached hydrogens (tertiary/aromatic N) is 7. The van der Waals surface area contributed by atoms with E-state index in [0.717, 1.165) is 91.1 Å². The average molecular weight is 806 g/mol. The fraction of sp³-hybridized carbons (Fsp3) is 0.553. The van der Waals surface area contributed by atoms with Gasteiger partial charge in [-0.3, -0.25) is 9.98 Å². The van der Waals surface area contributed by atoms with Crippen molar-refractivity contribution in [2.24, 2.45) is 11.8 Å². The Labute approximate surface area is 351 Å². The van der Waals surface area contributed by atoms with Crippen LogP contribution in [0, 0.1) is 23.1 Å². The summed E-state index contributed by atoms with van der Waals surface area (Å²) in [5.41, 5.74) is 13.5. The van der Waals surface area contributed by atoms with Crippen LogP contribution in [0.2, 0.25) is 0 Å². The monoisotopic (exact) mass is 806 g/mol. The summed E-state index contributed by atoms with van der Waals surface area (Å²) >= 11 is 0. The maximum atomic E-state index is 13.3. The van der Waals surface area contributed by atoms with Crippen molar-refractivity contribution in [3.05, 3.63) is 95.9 Å². The van der Waals surface area contributed by atoms with Crippen molar-refractivity contribution >= 4 is 22.9 Å². The number of piperazine rings is 1. The summed E-state index contributed by atoms with van der Waals surface area (Å²) in [7, 11) is 4.32. The van der Waals surface area contributed by atoms with Gasteiger partial charge in [0.05, 0.1) is 44.1 Å². The molecule has 1 atom stereocenters. The third kappa shape index (κ3) is 9.45. The minimum atomic E-state index is -0.212. The maximum absolute atomic E-state index is 13.3. The molecule has 0 radical (unpaired) electrons. The first kappa shape index (κ1) is 41.2. The molecule has 1 aromatic carbocycles. The van der Waals surface area contributed by atoms with Crippen LogP contribution in [0.5, 0.6) is 5.88 Å². The number of likely N-dealkylation sites (tertiary alicyclic amines) is 1.